The van der Waals surface area contributed by atoms with Crippen LogP contribution >= 0.6 is 0 Å². The Hall–Kier alpha value is -1.65. The van der Waals surface area contributed by atoms with Gasteiger partial charge < -0.3 is 10.4 Å². The zero-order chi connectivity index (χ0) is 9.14. The minimum Gasteiger partial charge on any atom is -0.477 e. The van der Waals surface area contributed by atoms with Gasteiger partial charge in [0.05, 0.1) is 5.69 Å². The lowest BCUT2D eigenvalue weighted by molar-refractivity contribution is 0.0696. The van der Waals surface area contributed by atoms with Crippen LogP contribution in [0.4, 0.5) is 5.82 Å². The van der Waals surface area contributed by atoms with Gasteiger partial charge in [-0.25, -0.2) is 14.8 Å². The van der Waals surface area contributed by atoms with E-state index in [4.69, 9.17) is 5.11 Å². The van der Waals surface area contributed by atoms with E-state index in [0.29, 0.717) is 11.5 Å². The molecule has 0 fully saturated rings. The lowest BCUT2D eigenvalue weighted by Gasteiger charge is -2.04. The molecule has 0 aliphatic rings. The van der Waals surface area contributed by atoms with Crippen molar-refractivity contribution in [1.82, 2.24) is 9.97 Å². The van der Waals surface area contributed by atoms with Crippen LogP contribution in [0.3, 0.4) is 0 Å². The monoisotopic (exact) mass is 167 g/mol. The molecule has 12 heavy (non-hydrogen) atoms. The van der Waals surface area contributed by atoms with Gasteiger partial charge >= 0.3 is 5.97 Å². The molecule has 0 atom stereocenters. The molecular weight excluding hydrogens is 158 g/mol. The van der Waals surface area contributed by atoms with Crippen LogP contribution in [-0.4, -0.2) is 28.1 Å². The predicted molar refractivity (Wildman–Crippen MR) is 43.3 cm³/mol. The maximum Gasteiger partial charge on any atom is 0.341 e. The van der Waals surface area contributed by atoms with Crippen molar-refractivity contribution in [3.63, 3.8) is 0 Å². The van der Waals surface area contributed by atoms with Crippen LogP contribution in [0, 0.1) is 6.92 Å². The first-order chi connectivity index (χ1) is 5.66. The van der Waals surface area contributed by atoms with Crippen LogP contribution in [0.2, 0.25) is 0 Å². The summed E-state index contributed by atoms with van der Waals surface area (Å²) in [5, 5.41) is 11.4. The Morgan fingerprint density at radius 3 is 2.67 bits per heavy atom. The maximum atomic E-state index is 10.7. The Morgan fingerprint density at radius 1 is 1.58 bits per heavy atom. The molecule has 0 aromatic carbocycles. The third-order valence-corrected chi connectivity index (χ3v) is 1.49. The molecule has 1 aromatic heterocycles. The van der Waals surface area contributed by atoms with Crippen molar-refractivity contribution in [2.45, 2.75) is 6.92 Å². The van der Waals surface area contributed by atoms with Gasteiger partial charge in [-0.15, -0.1) is 0 Å². The second kappa shape index (κ2) is 3.17. The number of aromatic carboxylic acids is 1. The van der Waals surface area contributed by atoms with Crippen molar-refractivity contribution in [2.24, 2.45) is 0 Å². The van der Waals surface area contributed by atoms with Gasteiger partial charge in [-0.3, -0.25) is 0 Å². The standard InChI is InChI=1S/C7H9N3O2/c1-4-5(7(11)12)6(8-2)10-3-9-4/h3H,1-2H3,(H,11,12)(H,8,9,10). The van der Waals surface area contributed by atoms with Gasteiger partial charge in [0.2, 0.25) is 0 Å². The first-order valence-electron chi connectivity index (χ1n) is 3.39. The highest BCUT2D eigenvalue weighted by Crippen LogP contribution is 2.12. The number of hydrogen-bond donors (Lipinski definition) is 2. The summed E-state index contributed by atoms with van der Waals surface area (Å²) in [5.74, 6) is -0.674. The zero-order valence-corrected chi connectivity index (χ0v) is 6.83. The Kier molecular flexibility index (Phi) is 2.23. The highest BCUT2D eigenvalue weighted by molar-refractivity contribution is 5.94. The summed E-state index contributed by atoms with van der Waals surface area (Å²) in [7, 11) is 1.62. The topological polar surface area (TPSA) is 75.1 Å². The zero-order valence-electron chi connectivity index (χ0n) is 6.83. The summed E-state index contributed by atoms with van der Waals surface area (Å²) in [6.07, 6.45) is 1.33. The van der Waals surface area contributed by atoms with Crippen molar-refractivity contribution in [3.05, 3.63) is 17.6 Å². The van der Waals surface area contributed by atoms with Gasteiger partial charge in [0.1, 0.15) is 17.7 Å². The highest BCUT2D eigenvalue weighted by atomic mass is 16.4. The molecular formula is C7H9N3O2. The Bertz CT molecular complexity index is 312. The summed E-state index contributed by atoms with van der Waals surface area (Å²) >= 11 is 0. The van der Waals surface area contributed by atoms with E-state index in [1.807, 2.05) is 0 Å². The molecule has 0 saturated heterocycles. The second-order valence-corrected chi connectivity index (χ2v) is 2.24. The molecule has 0 aliphatic carbocycles. The molecule has 2 N–H and O–H groups in total. The predicted octanol–water partition coefficient (Wildman–Crippen LogP) is 0.525. The Balaban J connectivity index is 3.29. The summed E-state index contributed by atoms with van der Waals surface area (Å²) in [6.45, 7) is 1.63. The molecule has 0 saturated carbocycles. The van der Waals surface area contributed by atoms with Crippen LogP contribution < -0.4 is 5.32 Å². The molecule has 1 aromatic rings. The van der Waals surface area contributed by atoms with E-state index < -0.39 is 5.97 Å². The molecule has 0 aliphatic heterocycles. The summed E-state index contributed by atoms with van der Waals surface area (Å²) in [6, 6.07) is 0. The SMILES string of the molecule is CNc1ncnc(C)c1C(=O)O. The Labute approximate surface area is 69.5 Å². The highest BCUT2D eigenvalue weighted by Gasteiger charge is 2.13. The number of nitrogens with zero attached hydrogens (tertiary/aromatic N) is 2. The van der Waals surface area contributed by atoms with E-state index in [0.717, 1.165) is 0 Å². The number of hydrogen-bond acceptors (Lipinski definition) is 4. The molecule has 0 unspecified atom stereocenters. The maximum absolute atomic E-state index is 10.7. The van der Waals surface area contributed by atoms with Gasteiger partial charge in [-0.1, -0.05) is 0 Å². The second-order valence-electron chi connectivity index (χ2n) is 2.24. The van der Waals surface area contributed by atoms with Crippen molar-refractivity contribution < 1.29 is 9.90 Å². The molecule has 1 heterocycles. The van der Waals surface area contributed by atoms with Gasteiger partial charge in [0, 0.05) is 7.05 Å². The average molecular weight is 167 g/mol. The van der Waals surface area contributed by atoms with E-state index in [-0.39, 0.29) is 5.56 Å². The van der Waals surface area contributed by atoms with Crippen LogP contribution in [-0.2, 0) is 0 Å². The fourth-order valence-electron chi connectivity index (χ4n) is 0.919. The quantitative estimate of drug-likeness (QED) is 0.671. The fourth-order valence-corrected chi connectivity index (χ4v) is 0.919. The summed E-state index contributed by atoms with van der Waals surface area (Å²) in [4.78, 5) is 18.2. The average Bonchev–Trinajstić information content (AvgIpc) is 2.03. The molecule has 0 amide bonds. The number of anilines is 1. The van der Waals surface area contributed by atoms with E-state index in [1.54, 1.807) is 14.0 Å². The molecule has 0 radical (unpaired) electrons. The smallest absolute Gasteiger partial charge is 0.341 e. The summed E-state index contributed by atoms with van der Waals surface area (Å²) < 4.78 is 0. The number of rotatable bonds is 2. The van der Waals surface area contributed by atoms with Crippen LogP contribution in [0.1, 0.15) is 16.1 Å². The number of carboxylic acid groups (broad SMARTS) is 1. The van der Waals surface area contributed by atoms with Crippen LogP contribution in [0.25, 0.3) is 0 Å². The molecule has 5 nitrogen and oxygen atoms in total. The number of nitrogens with one attached hydrogen (secondary N) is 1. The molecule has 64 valence electrons. The normalized spacial score (nSPS) is 9.50. The molecule has 0 bridgehead atoms. The summed E-state index contributed by atoms with van der Waals surface area (Å²) in [5.41, 5.74) is 0.585. The van der Waals surface area contributed by atoms with Gasteiger partial charge in [0.25, 0.3) is 0 Å². The van der Waals surface area contributed by atoms with Crippen molar-refractivity contribution in [2.75, 3.05) is 12.4 Å². The minimum absolute atomic E-state index is 0.125. The van der Waals surface area contributed by atoms with Crippen molar-refractivity contribution in [1.29, 1.82) is 0 Å². The van der Waals surface area contributed by atoms with Gasteiger partial charge in [-0.2, -0.15) is 0 Å². The lowest BCUT2D eigenvalue weighted by atomic mass is 10.2. The minimum atomic E-state index is -1.02. The first kappa shape index (κ1) is 8.45. The number of aromatic nitrogens is 2. The van der Waals surface area contributed by atoms with Gasteiger partial charge in [0.15, 0.2) is 0 Å². The third-order valence-electron chi connectivity index (χ3n) is 1.49. The van der Waals surface area contributed by atoms with E-state index >= 15 is 0 Å². The van der Waals surface area contributed by atoms with Crippen molar-refractivity contribution in [3.8, 4) is 0 Å². The lowest BCUT2D eigenvalue weighted by Crippen LogP contribution is -2.08. The van der Waals surface area contributed by atoms with Gasteiger partial charge in [-0.05, 0) is 6.92 Å². The number of carboxylic acids is 1. The van der Waals surface area contributed by atoms with E-state index in [1.165, 1.54) is 6.33 Å². The molecule has 5 heteroatoms. The number of carbonyl (C=O) groups is 1. The van der Waals surface area contributed by atoms with Crippen LogP contribution in [0.15, 0.2) is 6.33 Å². The molecule has 0 spiro atoms. The number of aryl methyl sites for hydroxylation is 1. The third kappa shape index (κ3) is 1.34. The van der Waals surface area contributed by atoms with E-state index in [2.05, 4.69) is 15.3 Å². The Morgan fingerprint density at radius 2 is 2.25 bits per heavy atom. The fraction of sp³-hybridized carbons (Fsp3) is 0.286. The molecule has 1 rings (SSSR count). The van der Waals surface area contributed by atoms with E-state index in [9.17, 15) is 4.79 Å². The van der Waals surface area contributed by atoms with Crippen LogP contribution in [0.5, 0.6) is 0 Å². The first-order valence-corrected chi connectivity index (χ1v) is 3.39. The largest absolute Gasteiger partial charge is 0.477 e. The van der Waals surface area contributed by atoms with Crippen molar-refractivity contribution >= 4 is 11.8 Å².